The summed E-state index contributed by atoms with van der Waals surface area (Å²) in [4.78, 5) is 16.0. The predicted molar refractivity (Wildman–Crippen MR) is 69.7 cm³/mol. The van der Waals surface area contributed by atoms with Crippen molar-refractivity contribution < 1.29 is 4.79 Å². The minimum Gasteiger partial charge on any atom is -0.369 e. The predicted octanol–water partition coefficient (Wildman–Crippen LogP) is 0.864. The zero-order chi connectivity index (χ0) is 12.4. The highest BCUT2D eigenvalue weighted by Gasteiger charge is 2.31. The van der Waals surface area contributed by atoms with Crippen molar-refractivity contribution in [1.29, 1.82) is 0 Å². The van der Waals surface area contributed by atoms with E-state index in [1.54, 1.807) is 11.3 Å². The molecular formula is C12H19N3OS. The van der Waals surface area contributed by atoms with Crippen LogP contribution in [0.25, 0.3) is 0 Å². The van der Waals surface area contributed by atoms with Crippen molar-refractivity contribution in [2.24, 2.45) is 17.4 Å². The second kappa shape index (κ2) is 5.16. The Balaban J connectivity index is 2.08. The smallest absolute Gasteiger partial charge is 0.221 e. The number of carbonyl (C=O) groups excluding carboxylic acids is 1. The maximum atomic E-state index is 11.2. The number of carbonyl (C=O) groups is 1. The second-order valence-electron chi connectivity index (χ2n) is 4.58. The molecule has 4 N–H and O–H groups in total. The van der Waals surface area contributed by atoms with Crippen LogP contribution in [-0.2, 0) is 4.79 Å². The highest BCUT2D eigenvalue weighted by molar-refractivity contribution is 7.12. The maximum absolute atomic E-state index is 11.2. The Morgan fingerprint density at radius 2 is 2.41 bits per heavy atom. The van der Waals surface area contributed by atoms with Crippen LogP contribution in [0.5, 0.6) is 0 Å². The highest BCUT2D eigenvalue weighted by Crippen LogP contribution is 2.30. The number of primary amides is 1. The van der Waals surface area contributed by atoms with E-state index in [4.69, 9.17) is 11.5 Å². The average molecular weight is 253 g/mol. The SMILES string of the molecule is Cc1ccc(C(CN)N2CCC(C(N)=O)C2)s1. The zero-order valence-electron chi connectivity index (χ0n) is 10.1. The second-order valence-corrected chi connectivity index (χ2v) is 5.90. The van der Waals surface area contributed by atoms with Crippen LogP contribution in [0.2, 0.25) is 0 Å². The molecule has 2 heterocycles. The molecule has 1 aliphatic rings. The average Bonchev–Trinajstić information content (AvgIpc) is 2.89. The number of aryl methyl sites for hydroxylation is 1. The van der Waals surface area contributed by atoms with Crippen LogP contribution < -0.4 is 11.5 Å². The van der Waals surface area contributed by atoms with E-state index >= 15 is 0 Å². The van der Waals surface area contributed by atoms with Gasteiger partial charge < -0.3 is 11.5 Å². The Kier molecular flexibility index (Phi) is 3.81. The molecular weight excluding hydrogens is 234 g/mol. The van der Waals surface area contributed by atoms with Crippen LogP contribution in [0.1, 0.15) is 22.2 Å². The van der Waals surface area contributed by atoms with E-state index in [1.165, 1.54) is 9.75 Å². The molecule has 17 heavy (non-hydrogen) atoms. The number of hydrogen-bond donors (Lipinski definition) is 2. The van der Waals surface area contributed by atoms with E-state index in [0.29, 0.717) is 6.54 Å². The van der Waals surface area contributed by atoms with Gasteiger partial charge in [-0.1, -0.05) is 0 Å². The summed E-state index contributed by atoms with van der Waals surface area (Å²) in [6, 6.07) is 4.48. The summed E-state index contributed by atoms with van der Waals surface area (Å²) in [7, 11) is 0. The van der Waals surface area contributed by atoms with Crippen LogP contribution in [0.4, 0.5) is 0 Å². The molecule has 0 aromatic carbocycles. The van der Waals surface area contributed by atoms with Gasteiger partial charge in [-0.2, -0.15) is 0 Å². The molecule has 0 saturated carbocycles. The number of amides is 1. The molecule has 1 amide bonds. The van der Waals surface area contributed by atoms with E-state index in [2.05, 4.69) is 24.0 Å². The van der Waals surface area contributed by atoms with E-state index < -0.39 is 0 Å². The summed E-state index contributed by atoms with van der Waals surface area (Å²) in [5.41, 5.74) is 11.2. The highest BCUT2D eigenvalue weighted by atomic mass is 32.1. The van der Waals surface area contributed by atoms with Crippen molar-refractivity contribution in [2.75, 3.05) is 19.6 Å². The van der Waals surface area contributed by atoms with E-state index in [-0.39, 0.29) is 17.9 Å². The summed E-state index contributed by atoms with van der Waals surface area (Å²) in [6.45, 7) is 4.34. The monoisotopic (exact) mass is 253 g/mol. The van der Waals surface area contributed by atoms with Crippen LogP contribution in [0, 0.1) is 12.8 Å². The first-order valence-electron chi connectivity index (χ1n) is 5.91. The number of rotatable bonds is 4. The summed E-state index contributed by atoms with van der Waals surface area (Å²) in [5.74, 6) is -0.198. The van der Waals surface area contributed by atoms with E-state index in [0.717, 1.165) is 19.5 Å². The van der Waals surface area contributed by atoms with Crippen molar-refractivity contribution in [1.82, 2.24) is 4.90 Å². The number of hydrogen-bond acceptors (Lipinski definition) is 4. The molecule has 94 valence electrons. The van der Waals surface area contributed by atoms with Gasteiger partial charge in [0.25, 0.3) is 0 Å². The van der Waals surface area contributed by atoms with Gasteiger partial charge in [0, 0.05) is 22.8 Å². The quantitative estimate of drug-likeness (QED) is 0.836. The Morgan fingerprint density at radius 1 is 1.65 bits per heavy atom. The molecule has 1 aliphatic heterocycles. The first-order chi connectivity index (χ1) is 8.11. The summed E-state index contributed by atoms with van der Waals surface area (Å²) in [5, 5.41) is 0. The number of nitrogens with zero attached hydrogens (tertiary/aromatic N) is 1. The number of thiophene rings is 1. The lowest BCUT2D eigenvalue weighted by Crippen LogP contribution is -2.33. The normalized spacial score (nSPS) is 22.8. The van der Waals surface area contributed by atoms with Crippen molar-refractivity contribution >= 4 is 17.2 Å². The van der Waals surface area contributed by atoms with Gasteiger partial charge >= 0.3 is 0 Å². The van der Waals surface area contributed by atoms with Crippen LogP contribution in [0.15, 0.2) is 12.1 Å². The van der Waals surface area contributed by atoms with Gasteiger partial charge in [0.2, 0.25) is 5.91 Å². The topological polar surface area (TPSA) is 72.3 Å². The summed E-state index contributed by atoms with van der Waals surface area (Å²) >= 11 is 1.78. The summed E-state index contributed by atoms with van der Waals surface area (Å²) < 4.78 is 0. The van der Waals surface area contributed by atoms with Gasteiger partial charge in [0.1, 0.15) is 0 Å². The minimum atomic E-state index is -0.189. The van der Waals surface area contributed by atoms with Crippen molar-refractivity contribution in [3.05, 3.63) is 21.9 Å². The fraction of sp³-hybridized carbons (Fsp3) is 0.583. The first-order valence-corrected chi connectivity index (χ1v) is 6.73. The fourth-order valence-corrected chi connectivity index (χ4v) is 3.41. The minimum absolute atomic E-state index is 0.00916. The lowest BCUT2D eigenvalue weighted by Gasteiger charge is -2.25. The molecule has 2 atom stereocenters. The molecule has 0 aliphatic carbocycles. The third-order valence-corrected chi connectivity index (χ3v) is 4.48. The molecule has 0 bridgehead atoms. The Hall–Kier alpha value is -0.910. The van der Waals surface area contributed by atoms with Crippen LogP contribution in [0.3, 0.4) is 0 Å². The molecule has 1 aromatic rings. The molecule has 2 rings (SSSR count). The van der Waals surface area contributed by atoms with Gasteiger partial charge in [-0.05, 0) is 32.0 Å². The zero-order valence-corrected chi connectivity index (χ0v) is 10.9. The largest absolute Gasteiger partial charge is 0.369 e. The van der Waals surface area contributed by atoms with Gasteiger partial charge in [-0.3, -0.25) is 9.69 Å². The van der Waals surface area contributed by atoms with Gasteiger partial charge in [0.05, 0.1) is 12.0 Å². The van der Waals surface area contributed by atoms with Gasteiger partial charge in [-0.15, -0.1) is 11.3 Å². The molecule has 1 saturated heterocycles. The number of likely N-dealkylation sites (tertiary alicyclic amines) is 1. The fourth-order valence-electron chi connectivity index (χ4n) is 2.38. The third kappa shape index (κ3) is 2.68. The molecule has 0 spiro atoms. The Bertz CT molecular complexity index is 404. The van der Waals surface area contributed by atoms with E-state index in [1.807, 2.05) is 0 Å². The van der Waals surface area contributed by atoms with Crippen molar-refractivity contribution in [3.63, 3.8) is 0 Å². The maximum Gasteiger partial charge on any atom is 0.221 e. The Labute approximate surface area is 106 Å². The van der Waals surface area contributed by atoms with Crippen molar-refractivity contribution in [3.8, 4) is 0 Å². The molecule has 5 heteroatoms. The molecule has 0 radical (unpaired) electrons. The molecule has 1 fully saturated rings. The van der Waals surface area contributed by atoms with Crippen LogP contribution in [-0.4, -0.2) is 30.4 Å². The standard InChI is InChI=1S/C12H19N3OS/c1-8-2-3-11(17-8)10(6-13)15-5-4-9(7-15)12(14)16/h2-3,9-10H,4-7,13H2,1H3,(H2,14,16). The van der Waals surface area contributed by atoms with Gasteiger partial charge in [-0.25, -0.2) is 0 Å². The third-order valence-electron chi connectivity index (χ3n) is 3.38. The summed E-state index contributed by atoms with van der Waals surface area (Å²) in [6.07, 6.45) is 0.857. The lowest BCUT2D eigenvalue weighted by molar-refractivity contribution is -0.121. The first kappa shape index (κ1) is 12.5. The molecule has 1 aromatic heterocycles. The van der Waals surface area contributed by atoms with Gasteiger partial charge in [0.15, 0.2) is 0 Å². The van der Waals surface area contributed by atoms with Crippen molar-refractivity contribution in [2.45, 2.75) is 19.4 Å². The molecule has 4 nitrogen and oxygen atoms in total. The lowest BCUT2D eigenvalue weighted by atomic mass is 10.1. The number of nitrogens with two attached hydrogens (primary N) is 2. The van der Waals surface area contributed by atoms with E-state index in [9.17, 15) is 4.79 Å². The van der Waals surface area contributed by atoms with Crippen LogP contribution >= 0.6 is 11.3 Å². The molecule has 2 unspecified atom stereocenters. The Morgan fingerprint density at radius 3 is 2.88 bits per heavy atom.